The van der Waals surface area contributed by atoms with Crippen molar-refractivity contribution in [2.45, 2.75) is 26.7 Å². The summed E-state index contributed by atoms with van der Waals surface area (Å²) >= 11 is 2.16. The molecule has 0 atom stereocenters. The minimum absolute atomic E-state index is 0.0339. The lowest BCUT2D eigenvalue weighted by molar-refractivity contribution is 0.0302. The molecular weight excluding hydrogens is 441 g/mol. The lowest BCUT2D eigenvalue weighted by atomic mass is 10.1. The van der Waals surface area contributed by atoms with E-state index in [-0.39, 0.29) is 11.3 Å². The van der Waals surface area contributed by atoms with Crippen LogP contribution in [0.5, 0.6) is 0 Å². The van der Waals surface area contributed by atoms with Gasteiger partial charge in [0, 0.05) is 9.26 Å². The van der Waals surface area contributed by atoms with E-state index in [1.54, 1.807) is 6.07 Å². The van der Waals surface area contributed by atoms with Crippen molar-refractivity contribution >= 4 is 39.9 Å². The van der Waals surface area contributed by atoms with E-state index >= 15 is 0 Å². The maximum absolute atomic E-state index is 14.3. The fourth-order valence-electron chi connectivity index (χ4n) is 2.15. The first-order valence-corrected chi connectivity index (χ1v) is 8.95. The van der Waals surface area contributed by atoms with Gasteiger partial charge in [0.2, 0.25) is 0 Å². The highest BCUT2D eigenvalue weighted by Crippen LogP contribution is 2.28. The number of hydrogen-bond acceptors (Lipinski definition) is 3. The molecule has 25 heavy (non-hydrogen) atoms. The van der Waals surface area contributed by atoms with E-state index in [0.717, 1.165) is 28.0 Å². The minimum atomic E-state index is -1.11. The van der Waals surface area contributed by atoms with E-state index in [4.69, 9.17) is 4.84 Å². The van der Waals surface area contributed by atoms with Crippen LogP contribution >= 0.6 is 22.6 Å². The third kappa shape index (κ3) is 5.12. The Labute approximate surface area is 159 Å². The van der Waals surface area contributed by atoms with Gasteiger partial charge < -0.3 is 5.32 Å². The van der Waals surface area contributed by atoms with Crippen LogP contribution in [0.1, 0.15) is 35.7 Å². The first-order chi connectivity index (χ1) is 11.9. The largest absolute Gasteiger partial charge is 0.352 e. The van der Waals surface area contributed by atoms with Crippen LogP contribution in [0, 0.1) is 22.1 Å². The summed E-state index contributed by atoms with van der Waals surface area (Å²) in [5, 5.41) is 2.82. The van der Waals surface area contributed by atoms with Crippen LogP contribution in [-0.2, 0) is 4.84 Å². The van der Waals surface area contributed by atoms with Gasteiger partial charge in [-0.2, -0.15) is 0 Å². The van der Waals surface area contributed by atoms with Gasteiger partial charge in [-0.25, -0.2) is 14.3 Å². The van der Waals surface area contributed by atoms with Crippen LogP contribution in [-0.4, -0.2) is 12.5 Å². The van der Waals surface area contributed by atoms with Crippen LogP contribution in [0.25, 0.3) is 0 Å². The number of hydrogen-bond donors (Lipinski definition) is 2. The summed E-state index contributed by atoms with van der Waals surface area (Å²) in [6.07, 6.45) is 1.70. The average Bonchev–Trinajstić information content (AvgIpc) is 2.58. The van der Waals surface area contributed by atoms with E-state index < -0.39 is 17.5 Å². The Hall–Kier alpha value is -1.74. The number of halogens is 3. The smallest absolute Gasteiger partial charge is 0.277 e. The fraction of sp³-hybridized carbons (Fsp3) is 0.278. The van der Waals surface area contributed by atoms with Gasteiger partial charge in [-0.05, 0) is 71.8 Å². The Kier molecular flexibility index (Phi) is 7.12. The SMILES string of the molecule is CCCCONC(=O)c1ccc(F)c(F)c1Nc1ccc(I)cc1C. The molecular formula is C18H19F2IN2O2. The summed E-state index contributed by atoms with van der Waals surface area (Å²) in [5.41, 5.74) is 3.44. The number of benzene rings is 2. The molecule has 0 bridgehead atoms. The first-order valence-electron chi connectivity index (χ1n) is 7.87. The zero-order valence-electron chi connectivity index (χ0n) is 14.0. The number of aryl methyl sites for hydroxylation is 1. The number of carbonyl (C=O) groups excluding carboxylic acids is 1. The zero-order chi connectivity index (χ0) is 18.4. The Morgan fingerprint density at radius 2 is 2.00 bits per heavy atom. The molecule has 2 rings (SSSR count). The number of unbranched alkanes of at least 4 members (excludes halogenated alkanes) is 1. The second kappa shape index (κ2) is 9.10. The van der Waals surface area contributed by atoms with Crippen molar-refractivity contribution in [2.75, 3.05) is 11.9 Å². The number of carbonyl (C=O) groups is 1. The number of hydroxylamine groups is 1. The summed E-state index contributed by atoms with van der Waals surface area (Å²) < 4.78 is 29.0. The van der Waals surface area contributed by atoms with E-state index in [1.807, 2.05) is 26.0 Å². The predicted octanol–water partition coefficient (Wildman–Crippen LogP) is 5.08. The van der Waals surface area contributed by atoms with E-state index in [0.29, 0.717) is 12.3 Å². The average molecular weight is 460 g/mol. The third-order valence-corrected chi connectivity index (χ3v) is 4.22. The van der Waals surface area contributed by atoms with Crippen molar-refractivity contribution in [2.24, 2.45) is 0 Å². The molecule has 0 saturated carbocycles. The second-order valence-corrected chi connectivity index (χ2v) is 6.75. The summed E-state index contributed by atoms with van der Waals surface area (Å²) in [5.74, 6) is -2.78. The predicted molar refractivity (Wildman–Crippen MR) is 102 cm³/mol. The van der Waals surface area contributed by atoms with Crippen LogP contribution in [0.3, 0.4) is 0 Å². The molecule has 134 valence electrons. The molecule has 0 aromatic heterocycles. The van der Waals surface area contributed by atoms with Gasteiger partial charge in [0.1, 0.15) is 0 Å². The fourth-order valence-corrected chi connectivity index (χ4v) is 2.80. The van der Waals surface area contributed by atoms with E-state index in [2.05, 4.69) is 33.4 Å². The maximum atomic E-state index is 14.3. The molecule has 2 aromatic rings. The number of rotatable bonds is 7. The summed E-state index contributed by atoms with van der Waals surface area (Å²) in [7, 11) is 0. The van der Waals surface area contributed by atoms with Gasteiger partial charge in [0.05, 0.1) is 17.9 Å². The van der Waals surface area contributed by atoms with Crippen LogP contribution in [0.4, 0.5) is 20.2 Å². The molecule has 0 fully saturated rings. The van der Waals surface area contributed by atoms with Gasteiger partial charge >= 0.3 is 0 Å². The van der Waals surface area contributed by atoms with Gasteiger partial charge in [-0.1, -0.05) is 13.3 Å². The molecule has 0 spiro atoms. The van der Waals surface area contributed by atoms with Gasteiger partial charge in [0.25, 0.3) is 5.91 Å². The summed E-state index contributed by atoms with van der Waals surface area (Å²) in [6.45, 7) is 4.19. The summed E-state index contributed by atoms with van der Waals surface area (Å²) in [4.78, 5) is 17.3. The van der Waals surface area contributed by atoms with Crippen molar-refractivity contribution < 1.29 is 18.4 Å². The van der Waals surface area contributed by atoms with E-state index in [1.165, 1.54) is 6.07 Å². The molecule has 2 N–H and O–H groups in total. The molecule has 0 radical (unpaired) electrons. The molecule has 0 aliphatic rings. The van der Waals surface area contributed by atoms with Gasteiger partial charge in [-0.3, -0.25) is 9.63 Å². The topological polar surface area (TPSA) is 50.4 Å². The second-order valence-electron chi connectivity index (χ2n) is 5.50. The highest BCUT2D eigenvalue weighted by molar-refractivity contribution is 14.1. The normalized spacial score (nSPS) is 10.6. The van der Waals surface area contributed by atoms with Gasteiger partial charge in [0.15, 0.2) is 11.6 Å². The maximum Gasteiger partial charge on any atom is 0.277 e. The molecule has 0 unspecified atom stereocenters. The number of anilines is 2. The van der Waals surface area contributed by atoms with Crippen molar-refractivity contribution in [1.29, 1.82) is 0 Å². The summed E-state index contributed by atoms with van der Waals surface area (Å²) in [6, 6.07) is 7.62. The quantitative estimate of drug-likeness (QED) is 0.344. The molecule has 0 aliphatic heterocycles. The highest BCUT2D eigenvalue weighted by atomic mass is 127. The van der Waals surface area contributed by atoms with Crippen molar-refractivity contribution in [1.82, 2.24) is 5.48 Å². The molecule has 0 heterocycles. The zero-order valence-corrected chi connectivity index (χ0v) is 16.1. The van der Waals surface area contributed by atoms with Gasteiger partial charge in [-0.15, -0.1) is 0 Å². The lowest BCUT2D eigenvalue weighted by Crippen LogP contribution is -2.25. The Morgan fingerprint density at radius 3 is 2.68 bits per heavy atom. The highest BCUT2D eigenvalue weighted by Gasteiger charge is 2.19. The Bertz CT molecular complexity index is 769. The van der Waals surface area contributed by atoms with Crippen molar-refractivity contribution in [3.63, 3.8) is 0 Å². The molecule has 4 nitrogen and oxygen atoms in total. The minimum Gasteiger partial charge on any atom is -0.352 e. The monoisotopic (exact) mass is 460 g/mol. The lowest BCUT2D eigenvalue weighted by Gasteiger charge is -2.15. The van der Waals surface area contributed by atoms with Crippen LogP contribution in [0.2, 0.25) is 0 Å². The molecule has 0 aliphatic carbocycles. The van der Waals surface area contributed by atoms with E-state index in [9.17, 15) is 13.6 Å². The molecule has 7 heteroatoms. The standard InChI is InChI=1S/C18H19F2IN2O2/c1-3-4-9-25-23-18(24)13-6-7-14(19)16(20)17(13)22-15-8-5-12(21)10-11(15)2/h5-8,10,22H,3-4,9H2,1-2H3,(H,23,24). The Balaban J connectivity index is 2.29. The van der Waals surface area contributed by atoms with Crippen LogP contribution in [0.15, 0.2) is 30.3 Å². The Morgan fingerprint density at radius 1 is 1.24 bits per heavy atom. The first kappa shape index (κ1) is 19.6. The van der Waals surface area contributed by atoms with Crippen molar-refractivity contribution in [3.8, 4) is 0 Å². The number of nitrogens with one attached hydrogen (secondary N) is 2. The van der Waals surface area contributed by atoms with Crippen molar-refractivity contribution in [3.05, 3.63) is 56.7 Å². The third-order valence-electron chi connectivity index (χ3n) is 3.55. The molecule has 2 aromatic carbocycles. The molecule has 0 saturated heterocycles. The molecule has 1 amide bonds. The van der Waals surface area contributed by atoms with Crippen LogP contribution < -0.4 is 10.8 Å². The number of amides is 1.